The van der Waals surface area contributed by atoms with E-state index in [1.807, 2.05) is 13.0 Å². The summed E-state index contributed by atoms with van der Waals surface area (Å²) in [6, 6.07) is 0. The Morgan fingerprint density at radius 1 is 1.40 bits per heavy atom. The van der Waals surface area contributed by atoms with Crippen LogP contribution in [-0.2, 0) is 18.4 Å². The first-order valence-corrected chi connectivity index (χ1v) is 6.61. The molecule has 0 aromatic heterocycles. The van der Waals surface area contributed by atoms with E-state index in [4.69, 9.17) is 9.05 Å². The topological polar surface area (TPSA) is 52.6 Å². The maximum absolute atomic E-state index is 11.6. The van der Waals surface area contributed by atoms with Gasteiger partial charge in [-0.25, -0.2) is 0 Å². The highest BCUT2D eigenvalue weighted by molar-refractivity contribution is 7.54. The molecule has 5 heteroatoms. The van der Waals surface area contributed by atoms with Crippen LogP contribution in [0.3, 0.4) is 0 Å². The van der Waals surface area contributed by atoms with Gasteiger partial charge in [0.1, 0.15) is 6.16 Å². The van der Waals surface area contributed by atoms with Crippen LogP contribution in [0.5, 0.6) is 0 Å². The van der Waals surface area contributed by atoms with E-state index in [1.165, 1.54) is 14.2 Å². The molecule has 0 saturated heterocycles. The molecule has 0 aliphatic heterocycles. The predicted molar refractivity (Wildman–Crippen MR) is 60.1 cm³/mol. The van der Waals surface area contributed by atoms with Crippen LogP contribution in [0.1, 0.15) is 20.3 Å². The van der Waals surface area contributed by atoms with E-state index in [0.717, 1.165) is 6.42 Å². The molecule has 0 aliphatic rings. The highest BCUT2D eigenvalue weighted by atomic mass is 31.2. The Morgan fingerprint density at radius 3 is 2.33 bits per heavy atom. The minimum atomic E-state index is -3.21. The minimum Gasteiger partial charge on any atom is -0.312 e. The number of allylic oxidation sites excluding steroid dienone is 2. The SMILES string of the molecule is CCC=CC(C)C(=O)CP(=O)(OC)OC. The average Bonchev–Trinajstić information content (AvgIpc) is 2.25. The lowest BCUT2D eigenvalue weighted by molar-refractivity contribution is -0.118. The van der Waals surface area contributed by atoms with Crippen molar-refractivity contribution in [3.8, 4) is 0 Å². The van der Waals surface area contributed by atoms with E-state index in [-0.39, 0.29) is 17.9 Å². The molecule has 15 heavy (non-hydrogen) atoms. The van der Waals surface area contributed by atoms with Crippen LogP contribution in [0.25, 0.3) is 0 Å². The molecule has 0 spiro atoms. The Balaban J connectivity index is 4.35. The molecule has 1 atom stereocenters. The molecule has 0 saturated carbocycles. The van der Waals surface area contributed by atoms with Gasteiger partial charge in [-0.2, -0.15) is 0 Å². The fourth-order valence-corrected chi connectivity index (χ4v) is 2.06. The lowest BCUT2D eigenvalue weighted by Crippen LogP contribution is -2.14. The van der Waals surface area contributed by atoms with Crippen LogP contribution in [0.2, 0.25) is 0 Å². The zero-order chi connectivity index (χ0) is 11.9. The summed E-state index contributed by atoms with van der Waals surface area (Å²) in [6.07, 6.45) is 4.42. The molecular formula is C10H19O4P. The summed E-state index contributed by atoms with van der Waals surface area (Å²) in [5, 5.41) is 0. The molecule has 0 aliphatic carbocycles. The van der Waals surface area contributed by atoms with E-state index in [2.05, 4.69) is 0 Å². The van der Waals surface area contributed by atoms with Gasteiger partial charge >= 0.3 is 7.60 Å². The number of rotatable bonds is 7. The van der Waals surface area contributed by atoms with Gasteiger partial charge in [0.25, 0.3) is 0 Å². The summed E-state index contributed by atoms with van der Waals surface area (Å²) >= 11 is 0. The van der Waals surface area contributed by atoms with Crippen LogP contribution in [0.4, 0.5) is 0 Å². The summed E-state index contributed by atoms with van der Waals surface area (Å²) in [5.74, 6) is -0.379. The Hall–Kier alpha value is -0.440. The van der Waals surface area contributed by atoms with E-state index in [9.17, 15) is 9.36 Å². The van der Waals surface area contributed by atoms with Crippen LogP contribution in [-0.4, -0.2) is 26.2 Å². The Kier molecular flexibility index (Phi) is 6.73. The lowest BCUT2D eigenvalue weighted by Gasteiger charge is -2.14. The Morgan fingerprint density at radius 2 is 1.93 bits per heavy atom. The number of hydrogen-bond donors (Lipinski definition) is 0. The van der Waals surface area contributed by atoms with Crippen molar-refractivity contribution in [3.05, 3.63) is 12.2 Å². The molecule has 0 radical (unpaired) electrons. The van der Waals surface area contributed by atoms with Crippen molar-refractivity contribution in [1.82, 2.24) is 0 Å². The van der Waals surface area contributed by atoms with Crippen molar-refractivity contribution in [3.63, 3.8) is 0 Å². The number of ketones is 1. The lowest BCUT2D eigenvalue weighted by atomic mass is 10.1. The van der Waals surface area contributed by atoms with Gasteiger partial charge in [-0.3, -0.25) is 9.36 Å². The normalized spacial score (nSPS) is 14.4. The fraction of sp³-hybridized carbons (Fsp3) is 0.700. The van der Waals surface area contributed by atoms with Crippen molar-refractivity contribution in [1.29, 1.82) is 0 Å². The highest BCUT2D eigenvalue weighted by Crippen LogP contribution is 2.46. The highest BCUT2D eigenvalue weighted by Gasteiger charge is 2.27. The van der Waals surface area contributed by atoms with Crippen molar-refractivity contribution < 1.29 is 18.4 Å². The largest absolute Gasteiger partial charge is 0.337 e. The molecule has 0 fully saturated rings. The third kappa shape index (κ3) is 5.26. The molecule has 0 aromatic carbocycles. The molecule has 0 aromatic rings. The van der Waals surface area contributed by atoms with Crippen molar-refractivity contribution in [2.45, 2.75) is 20.3 Å². The van der Waals surface area contributed by atoms with Crippen molar-refractivity contribution in [2.24, 2.45) is 5.92 Å². The van der Waals surface area contributed by atoms with Gasteiger partial charge in [-0.15, -0.1) is 0 Å². The molecule has 0 bridgehead atoms. The summed E-state index contributed by atoms with van der Waals surface area (Å²) in [7, 11) is -0.643. The second kappa shape index (κ2) is 6.94. The Bertz CT molecular complexity index is 265. The van der Waals surface area contributed by atoms with Crippen LogP contribution >= 0.6 is 7.60 Å². The van der Waals surface area contributed by atoms with Gasteiger partial charge in [-0.05, 0) is 6.42 Å². The first-order chi connectivity index (χ1) is 6.99. The molecule has 1 unspecified atom stereocenters. The van der Waals surface area contributed by atoms with Crippen LogP contribution < -0.4 is 0 Å². The van der Waals surface area contributed by atoms with Gasteiger partial charge in [0.2, 0.25) is 0 Å². The van der Waals surface area contributed by atoms with Crippen LogP contribution in [0, 0.1) is 5.92 Å². The number of carbonyl (C=O) groups is 1. The zero-order valence-corrected chi connectivity index (χ0v) is 10.6. The zero-order valence-electron chi connectivity index (χ0n) is 9.73. The summed E-state index contributed by atoms with van der Waals surface area (Å²) in [6.45, 7) is 3.76. The maximum atomic E-state index is 11.6. The fourth-order valence-electron chi connectivity index (χ4n) is 0.986. The minimum absolute atomic E-state index is 0.133. The van der Waals surface area contributed by atoms with Gasteiger partial charge in [0, 0.05) is 20.1 Å². The average molecular weight is 234 g/mol. The molecule has 88 valence electrons. The van der Waals surface area contributed by atoms with Crippen LogP contribution in [0.15, 0.2) is 12.2 Å². The van der Waals surface area contributed by atoms with Crippen molar-refractivity contribution in [2.75, 3.05) is 20.4 Å². The monoisotopic (exact) mass is 234 g/mol. The maximum Gasteiger partial charge on any atom is 0.337 e. The molecule has 0 N–H and O–H groups in total. The third-order valence-corrected chi connectivity index (χ3v) is 3.89. The van der Waals surface area contributed by atoms with Crippen molar-refractivity contribution >= 4 is 13.4 Å². The van der Waals surface area contributed by atoms with Gasteiger partial charge in [0.05, 0.1) is 0 Å². The number of Topliss-reactive ketones (excluding diaryl/α,β-unsaturated/α-hetero) is 1. The first-order valence-electron chi connectivity index (χ1n) is 4.89. The number of hydrogen-bond acceptors (Lipinski definition) is 4. The van der Waals surface area contributed by atoms with Gasteiger partial charge in [-0.1, -0.05) is 26.0 Å². The summed E-state index contributed by atoms with van der Waals surface area (Å²) in [5.41, 5.74) is 0. The van der Waals surface area contributed by atoms with Gasteiger partial charge < -0.3 is 9.05 Å². The number of carbonyl (C=O) groups excluding carboxylic acids is 1. The second-order valence-corrected chi connectivity index (χ2v) is 5.49. The third-order valence-electron chi connectivity index (χ3n) is 2.07. The summed E-state index contributed by atoms with van der Waals surface area (Å²) < 4.78 is 21.1. The quantitative estimate of drug-likeness (QED) is 0.502. The van der Waals surface area contributed by atoms with Gasteiger partial charge in [0.15, 0.2) is 5.78 Å². The first kappa shape index (κ1) is 14.6. The molecule has 4 nitrogen and oxygen atoms in total. The standard InChI is InChI=1S/C10H19O4P/c1-5-6-7-9(2)10(11)8-15(12,13-3)14-4/h6-7,9H,5,8H2,1-4H3. The molecule has 0 rings (SSSR count). The molecule has 0 heterocycles. The molecule has 0 amide bonds. The van der Waals surface area contributed by atoms with E-state index in [1.54, 1.807) is 13.0 Å². The predicted octanol–water partition coefficient (Wildman–Crippen LogP) is 2.64. The molecular weight excluding hydrogens is 215 g/mol. The van der Waals surface area contributed by atoms with E-state index in [0.29, 0.717) is 0 Å². The van der Waals surface area contributed by atoms with E-state index < -0.39 is 7.60 Å². The second-order valence-electron chi connectivity index (χ2n) is 3.23. The summed E-state index contributed by atoms with van der Waals surface area (Å²) in [4.78, 5) is 11.6. The Labute approximate surface area is 91.2 Å². The smallest absolute Gasteiger partial charge is 0.312 e. The van der Waals surface area contributed by atoms with E-state index >= 15 is 0 Å².